The van der Waals surface area contributed by atoms with Gasteiger partial charge in [0.15, 0.2) is 0 Å². The van der Waals surface area contributed by atoms with Crippen LogP contribution in [0.15, 0.2) is 35.5 Å². The Hall–Kier alpha value is -1.77. The maximum absolute atomic E-state index is 8.80. The van der Waals surface area contributed by atoms with Gasteiger partial charge in [0.1, 0.15) is 12.4 Å². The zero-order chi connectivity index (χ0) is 12.1. The average Bonchev–Trinajstić information content (AvgIpc) is 2.26. The van der Waals surface area contributed by atoms with Crippen molar-refractivity contribution >= 4 is 5.71 Å². The average molecular weight is 219 g/mol. The van der Waals surface area contributed by atoms with Gasteiger partial charge in [-0.2, -0.15) is 0 Å². The summed E-state index contributed by atoms with van der Waals surface area (Å²) in [6, 6.07) is 5.77. The lowest BCUT2D eigenvalue weighted by atomic mass is 10.1. The number of ether oxygens (including phenoxy) is 1. The van der Waals surface area contributed by atoms with Crippen molar-refractivity contribution in [2.75, 3.05) is 6.61 Å². The van der Waals surface area contributed by atoms with Gasteiger partial charge in [0, 0.05) is 5.56 Å². The van der Waals surface area contributed by atoms with Crippen molar-refractivity contribution in [3.8, 4) is 5.75 Å². The molecule has 0 unspecified atom stereocenters. The molecule has 1 aromatic carbocycles. The second-order valence-electron chi connectivity index (χ2n) is 3.93. The zero-order valence-corrected chi connectivity index (χ0v) is 9.95. The minimum absolute atomic E-state index is 0.467. The molecule has 0 radical (unpaired) electrons. The molecule has 16 heavy (non-hydrogen) atoms. The van der Waals surface area contributed by atoms with Gasteiger partial charge in [-0.05, 0) is 38.5 Å². The monoisotopic (exact) mass is 219 g/mol. The molecule has 0 spiro atoms. The lowest BCUT2D eigenvalue weighted by Gasteiger charge is -2.11. The molecule has 1 N–H and O–H groups in total. The predicted molar refractivity (Wildman–Crippen MR) is 65.5 cm³/mol. The van der Waals surface area contributed by atoms with Gasteiger partial charge in [-0.1, -0.05) is 23.4 Å². The number of hydrogen-bond acceptors (Lipinski definition) is 3. The van der Waals surface area contributed by atoms with E-state index in [1.54, 1.807) is 6.92 Å². The van der Waals surface area contributed by atoms with Gasteiger partial charge in [-0.3, -0.25) is 0 Å². The standard InChI is InChI=1S/C13H17NO2/c1-9(2)8-16-13-6-5-10(3)7-12(13)11(4)14-15/h5-7,15H,1,8H2,2-4H3/b14-11+. The molecule has 0 bridgehead atoms. The number of benzene rings is 1. The van der Waals surface area contributed by atoms with Gasteiger partial charge < -0.3 is 9.94 Å². The van der Waals surface area contributed by atoms with E-state index < -0.39 is 0 Å². The van der Waals surface area contributed by atoms with Crippen LogP contribution in [0.4, 0.5) is 0 Å². The van der Waals surface area contributed by atoms with E-state index in [9.17, 15) is 0 Å². The number of hydrogen-bond donors (Lipinski definition) is 1. The summed E-state index contributed by atoms with van der Waals surface area (Å²) in [4.78, 5) is 0. The van der Waals surface area contributed by atoms with Crippen LogP contribution in [-0.4, -0.2) is 17.5 Å². The Kier molecular flexibility index (Phi) is 4.11. The topological polar surface area (TPSA) is 41.8 Å². The normalized spacial score (nSPS) is 11.3. The first-order valence-corrected chi connectivity index (χ1v) is 5.11. The minimum atomic E-state index is 0.467. The predicted octanol–water partition coefficient (Wildman–Crippen LogP) is 3.15. The largest absolute Gasteiger partial charge is 0.489 e. The third-order valence-electron chi connectivity index (χ3n) is 2.15. The van der Waals surface area contributed by atoms with Crippen LogP contribution in [-0.2, 0) is 0 Å². The fourth-order valence-corrected chi connectivity index (χ4v) is 1.31. The van der Waals surface area contributed by atoms with E-state index >= 15 is 0 Å². The molecule has 0 aliphatic heterocycles. The summed E-state index contributed by atoms with van der Waals surface area (Å²) >= 11 is 0. The van der Waals surface area contributed by atoms with Crippen LogP contribution in [0.3, 0.4) is 0 Å². The van der Waals surface area contributed by atoms with Crippen LogP contribution in [0.2, 0.25) is 0 Å². The molecule has 1 aromatic rings. The van der Waals surface area contributed by atoms with Gasteiger partial charge in [0.25, 0.3) is 0 Å². The molecule has 0 aromatic heterocycles. The molecule has 3 nitrogen and oxygen atoms in total. The second kappa shape index (κ2) is 5.35. The van der Waals surface area contributed by atoms with E-state index in [0.717, 1.165) is 16.7 Å². The number of aryl methyl sites for hydroxylation is 1. The highest BCUT2D eigenvalue weighted by atomic mass is 16.5. The molecule has 86 valence electrons. The van der Waals surface area contributed by atoms with E-state index in [2.05, 4.69) is 11.7 Å². The molecular weight excluding hydrogens is 202 g/mol. The molecular formula is C13H17NO2. The van der Waals surface area contributed by atoms with Crippen molar-refractivity contribution in [3.05, 3.63) is 41.5 Å². The maximum atomic E-state index is 8.80. The van der Waals surface area contributed by atoms with Crippen LogP contribution >= 0.6 is 0 Å². The van der Waals surface area contributed by atoms with E-state index in [-0.39, 0.29) is 0 Å². The summed E-state index contributed by atoms with van der Waals surface area (Å²) in [7, 11) is 0. The van der Waals surface area contributed by atoms with Gasteiger partial charge in [0.05, 0.1) is 5.71 Å². The molecule has 0 saturated carbocycles. The quantitative estimate of drug-likeness (QED) is 0.366. The number of rotatable bonds is 4. The van der Waals surface area contributed by atoms with Crippen LogP contribution in [0.5, 0.6) is 5.75 Å². The van der Waals surface area contributed by atoms with Crippen molar-refractivity contribution in [3.63, 3.8) is 0 Å². The van der Waals surface area contributed by atoms with Crippen LogP contribution < -0.4 is 4.74 Å². The molecule has 0 atom stereocenters. The molecule has 0 saturated heterocycles. The van der Waals surface area contributed by atoms with Gasteiger partial charge in [-0.15, -0.1) is 0 Å². The molecule has 0 amide bonds. The zero-order valence-electron chi connectivity index (χ0n) is 9.95. The molecule has 0 aliphatic rings. The first-order valence-electron chi connectivity index (χ1n) is 5.11. The molecule has 0 heterocycles. The first kappa shape index (κ1) is 12.3. The van der Waals surface area contributed by atoms with Crippen LogP contribution in [0, 0.1) is 6.92 Å². The van der Waals surface area contributed by atoms with E-state index in [4.69, 9.17) is 9.94 Å². The number of nitrogens with zero attached hydrogens (tertiary/aromatic N) is 1. The van der Waals surface area contributed by atoms with E-state index in [1.807, 2.05) is 32.0 Å². The van der Waals surface area contributed by atoms with Crippen LogP contribution in [0.25, 0.3) is 0 Å². The van der Waals surface area contributed by atoms with Gasteiger partial charge in [0.2, 0.25) is 0 Å². The minimum Gasteiger partial charge on any atom is -0.489 e. The summed E-state index contributed by atoms with van der Waals surface area (Å²) < 4.78 is 5.59. The summed E-state index contributed by atoms with van der Waals surface area (Å²) in [5, 5.41) is 12.0. The van der Waals surface area contributed by atoms with Crippen molar-refractivity contribution in [2.24, 2.45) is 5.16 Å². The Labute approximate surface area is 96.1 Å². The van der Waals surface area contributed by atoms with Crippen LogP contribution in [0.1, 0.15) is 25.0 Å². The Morgan fingerprint density at radius 3 is 2.69 bits per heavy atom. The van der Waals surface area contributed by atoms with Crippen molar-refractivity contribution in [1.82, 2.24) is 0 Å². The number of oxime groups is 1. The fraction of sp³-hybridized carbons (Fsp3) is 0.308. The third kappa shape index (κ3) is 3.12. The fourth-order valence-electron chi connectivity index (χ4n) is 1.31. The smallest absolute Gasteiger partial charge is 0.128 e. The molecule has 0 fully saturated rings. The second-order valence-corrected chi connectivity index (χ2v) is 3.93. The molecule has 1 rings (SSSR count). The van der Waals surface area contributed by atoms with Crippen molar-refractivity contribution in [2.45, 2.75) is 20.8 Å². The third-order valence-corrected chi connectivity index (χ3v) is 2.15. The van der Waals surface area contributed by atoms with E-state index in [1.165, 1.54) is 0 Å². The highest BCUT2D eigenvalue weighted by Crippen LogP contribution is 2.21. The van der Waals surface area contributed by atoms with Crippen molar-refractivity contribution < 1.29 is 9.94 Å². The summed E-state index contributed by atoms with van der Waals surface area (Å²) in [5.41, 5.74) is 3.40. The summed E-state index contributed by atoms with van der Waals surface area (Å²) in [5.74, 6) is 0.712. The SMILES string of the molecule is C=C(C)COc1ccc(C)cc1/C(C)=N/O. The Bertz CT molecular complexity index is 422. The maximum Gasteiger partial charge on any atom is 0.128 e. The lowest BCUT2D eigenvalue weighted by Crippen LogP contribution is -2.04. The van der Waals surface area contributed by atoms with Gasteiger partial charge >= 0.3 is 0 Å². The summed E-state index contributed by atoms with van der Waals surface area (Å²) in [6.07, 6.45) is 0. The molecule has 3 heteroatoms. The highest BCUT2D eigenvalue weighted by molar-refractivity contribution is 6.00. The summed E-state index contributed by atoms with van der Waals surface area (Å²) in [6.45, 7) is 9.87. The lowest BCUT2D eigenvalue weighted by molar-refractivity contribution is 0.318. The van der Waals surface area contributed by atoms with E-state index in [0.29, 0.717) is 18.1 Å². The Morgan fingerprint density at radius 2 is 2.12 bits per heavy atom. The first-order chi connectivity index (χ1) is 7.54. The van der Waals surface area contributed by atoms with Gasteiger partial charge in [-0.25, -0.2) is 0 Å². The Morgan fingerprint density at radius 1 is 1.44 bits per heavy atom. The molecule has 0 aliphatic carbocycles. The highest BCUT2D eigenvalue weighted by Gasteiger charge is 2.07. The van der Waals surface area contributed by atoms with Crippen molar-refractivity contribution in [1.29, 1.82) is 0 Å². The Balaban J connectivity index is 3.03.